The molecule has 2 heteroatoms. The second kappa shape index (κ2) is 6.41. The average molecular weight is 243 g/mol. The predicted octanol–water partition coefficient (Wildman–Crippen LogP) is 4.40. The Labute approximate surface area is 109 Å². The molecule has 0 saturated heterocycles. The second-order valence-corrected chi connectivity index (χ2v) is 4.48. The summed E-state index contributed by atoms with van der Waals surface area (Å²) in [7, 11) is 0. The summed E-state index contributed by atoms with van der Waals surface area (Å²) in [4.78, 5) is 0. The second-order valence-electron chi connectivity index (χ2n) is 4.48. The van der Waals surface area contributed by atoms with Crippen LogP contribution in [0.4, 0.5) is 0 Å². The Bertz CT molecular complexity index is 461. The third-order valence-corrected chi connectivity index (χ3v) is 3.08. The topological polar surface area (TPSA) is 25.2 Å². The lowest BCUT2D eigenvalue weighted by molar-refractivity contribution is 0.411. The maximum Gasteiger partial charge on any atom is 0.134 e. The molecule has 0 bridgehead atoms. The molecule has 0 aliphatic carbocycles. The van der Waals surface area contributed by atoms with Gasteiger partial charge >= 0.3 is 0 Å². The molecule has 2 rings (SSSR count). The molecule has 1 aromatic heterocycles. The molecule has 1 atom stereocenters. The first-order chi connectivity index (χ1) is 8.85. The predicted molar refractivity (Wildman–Crippen MR) is 75.5 cm³/mol. The van der Waals surface area contributed by atoms with Crippen LogP contribution in [0.25, 0.3) is 11.3 Å². The third-order valence-electron chi connectivity index (χ3n) is 3.08. The molecule has 0 radical (unpaired) electrons. The van der Waals surface area contributed by atoms with Crippen LogP contribution < -0.4 is 5.32 Å². The van der Waals surface area contributed by atoms with Crippen LogP contribution in [-0.2, 0) is 0 Å². The van der Waals surface area contributed by atoms with Gasteiger partial charge in [-0.2, -0.15) is 0 Å². The molecule has 0 aliphatic rings. The number of rotatable bonds is 6. The standard InChI is InChI=1S/C16H21NO/c1-3-12-17-14(4-2)16-11-10-15(18-16)13-8-6-5-7-9-13/h5-11,14,17H,3-4,12H2,1-2H3. The number of hydrogen-bond donors (Lipinski definition) is 1. The van der Waals surface area contributed by atoms with Gasteiger partial charge in [0.05, 0.1) is 6.04 Å². The molecule has 0 saturated carbocycles. The molecule has 2 aromatic rings. The highest BCUT2D eigenvalue weighted by Gasteiger charge is 2.13. The van der Waals surface area contributed by atoms with Crippen LogP contribution in [0.1, 0.15) is 38.5 Å². The van der Waals surface area contributed by atoms with E-state index in [1.165, 1.54) is 0 Å². The van der Waals surface area contributed by atoms with Crippen molar-refractivity contribution in [2.24, 2.45) is 0 Å². The van der Waals surface area contributed by atoms with Gasteiger partial charge in [-0.15, -0.1) is 0 Å². The minimum Gasteiger partial charge on any atom is -0.459 e. The summed E-state index contributed by atoms with van der Waals surface area (Å²) < 4.78 is 5.96. The molecule has 0 spiro atoms. The Hall–Kier alpha value is -1.54. The molecule has 2 nitrogen and oxygen atoms in total. The van der Waals surface area contributed by atoms with Crippen molar-refractivity contribution in [2.75, 3.05) is 6.54 Å². The zero-order chi connectivity index (χ0) is 12.8. The van der Waals surface area contributed by atoms with E-state index in [1.54, 1.807) is 0 Å². The number of furan rings is 1. The lowest BCUT2D eigenvalue weighted by Crippen LogP contribution is -2.20. The summed E-state index contributed by atoms with van der Waals surface area (Å²) in [6.07, 6.45) is 2.19. The largest absolute Gasteiger partial charge is 0.459 e. The third kappa shape index (κ3) is 3.02. The molecule has 0 aliphatic heterocycles. The molecule has 96 valence electrons. The van der Waals surface area contributed by atoms with E-state index in [0.717, 1.165) is 36.5 Å². The van der Waals surface area contributed by atoms with Crippen LogP contribution in [0.15, 0.2) is 46.9 Å². The van der Waals surface area contributed by atoms with Crippen molar-refractivity contribution in [3.8, 4) is 11.3 Å². The van der Waals surface area contributed by atoms with E-state index >= 15 is 0 Å². The van der Waals surface area contributed by atoms with E-state index in [9.17, 15) is 0 Å². The van der Waals surface area contributed by atoms with Crippen LogP contribution in [0.3, 0.4) is 0 Å². The van der Waals surface area contributed by atoms with E-state index in [-0.39, 0.29) is 0 Å². The van der Waals surface area contributed by atoms with Gasteiger partial charge in [0, 0.05) is 5.56 Å². The Kier molecular flexibility index (Phi) is 4.59. The molecular weight excluding hydrogens is 222 g/mol. The molecular formula is C16H21NO. The zero-order valence-corrected chi connectivity index (χ0v) is 11.1. The van der Waals surface area contributed by atoms with Crippen molar-refractivity contribution in [3.05, 3.63) is 48.2 Å². The van der Waals surface area contributed by atoms with E-state index in [0.29, 0.717) is 6.04 Å². The Morgan fingerprint density at radius 3 is 2.50 bits per heavy atom. The lowest BCUT2D eigenvalue weighted by Gasteiger charge is -2.13. The van der Waals surface area contributed by atoms with Crippen LogP contribution in [0.2, 0.25) is 0 Å². The first-order valence-corrected chi connectivity index (χ1v) is 6.73. The Morgan fingerprint density at radius 2 is 1.83 bits per heavy atom. The van der Waals surface area contributed by atoms with E-state index in [2.05, 4.69) is 43.4 Å². The lowest BCUT2D eigenvalue weighted by atomic mass is 10.1. The summed E-state index contributed by atoms with van der Waals surface area (Å²) >= 11 is 0. The Morgan fingerprint density at radius 1 is 1.06 bits per heavy atom. The number of hydrogen-bond acceptors (Lipinski definition) is 2. The molecule has 1 N–H and O–H groups in total. The Balaban J connectivity index is 2.14. The number of nitrogens with one attached hydrogen (secondary N) is 1. The van der Waals surface area contributed by atoms with Crippen LogP contribution in [0.5, 0.6) is 0 Å². The fourth-order valence-electron chi connectivity index (χ4n) is 2.06. The van der Waals surface area contributed by atoms with Crippen molar-refractivity contribution in [1.82, 2.24) is 5.32 Å². The number of benzene rings is 1. The highest BCUT2D eigenvalue weighted by molar-refractivity contribution is 5.57. The summed E-state index contributed by atoms with van der Waals surface area (Å²) in [5.41, 5.74) is 1.13. The van der Waals surface area contributed by atoms with Crippen LogP contribution in [0, 0.1) is 0 Å². The van der Waals surface area contributed by atoms with Crippen molar-refractivity contribution < 1.29 is 4.42 Å². The normalized spacial score (nSPS) is 12.6. The van der Waals surface area contributed by atoms with Gasteiger partial charge in [-0.25, -0.2) is 0 Å². The van der Waals surface area contributed by atoms with Gasteiger partial charge in [-0.3, -0.25) is 0 Å². The first-order valence-electron chi connectivity index (χ1n) is 6.73. The molecule has 0 fully saturated rings. The molecule has 0 amide bonds. The van der Waals surface area contributed by atoms with Gasteiger partial charge < -0.3 is 9.73 Å². The van der Waals surface area contributed by atoms with E-state index in [4.69, 9.17) is 4.42 Å². The summed E-state index contributed by atoms with van der Waals surface area (Å²) in [5, 5.41) is 3.51. The zero-order valence-electron chi connectivity index (χ0n) is 11.1. The summed E-state index contributed by atoms with van der Waals surface area (Å²) in [6.45, 7) is 5.38. The van der Waals surface area contributed by atoms with Crippen molar-refractivity contribution in [2.45, 2.75) is 32.7 Å². The summed E-state index contributed by atoms with van der Waals surface area (Å²) in [6, 6.07) is 14.7. The van der Waals surface area contributed by atoms with Gasteiger partial charge in [0.1, 0.15) is 11.5 Å². The van der Waals surface area contributed by atoms with Crippen LogP contribution in [-0.4, -0.2) is 6.54 Å². The monoisotopic (exact) mass is 243 g/mol. The smallest absolute Gasteiger partial charge is 0.134 e. The SMILES string of the molecule is CCCNC(CC)c1ccc(-c2ccccc2)o1. The molecule has 18 heavy (non-hydrogen) atoms. The van der Waals surface area contributed by atoms with Crippen LogP contribution >= 0.6 is 0 Å². The van der Waals surface area contributed by atoms with Gasteiger partial charge in [-0.05, 0) is 31.5 Å². The molecule has 1 heterocycles. The van der Waals surface area contributed by atoms with Gasteiger partial charge in [0.25, 0.3) is 0 Å². The highest BCUT2D eigenvalue weighted by Crippen LogP contribution is 2.26. The minimum atomic E-state index is 0.322. The molecule has 1 unspecified atom stereocenters. The van der Waals surface area contributed by atoms with Gasteiger partial charge in [-0.1, -0.05) is 44.2 Å². The fraction of sp³-hybridized carbons (Fsp3) is 0.375. The van der Waals surface area contributed by atoms with Crippen molar-refractivity contribution >= 4 is 0 Å². The summed E-state index contributed by atoms with van der Waals surface area (Å²) in [5.74, 6) is 1.98. The minimum absolute atomic E-state index is 0.322. The fourth-order valence-corrected chi connectivity index (χ4v) is 2.06. The van der Waals surface area contributed by atoms with Gasteiger partial charge in [0.15, 0.2) is 0 Å². The maximum absolute atomic E-state index is 5.96. The van der Waals surface area contributed by atoms with E-state index < -0.39 is 0 Å². The van der Waals surface area contributed by atoms with Gasteiger partial charge in [0.2, 0.25) is 0 Å². The first kappa shape index (κ1) is 12.9. The quantitative estimate of drug-likeness (QED) is 0.813. The van der Waals surface area contributed by atoms with E-state index in [1.807, 2.05) is 18.2 Å². The molecule has 1 aromatic carbocycles. The highest BCUT2D eigenvalue weighted by atomic mass is 16.3. The average Bonchev–Trinajstić information content (AvgIpc) is 2.90. The maximum atomic E-state index is 5.96. The van der Waals surface area contributed by atoms with Crippen molar-refractivity contribution in [3.63, 3.8) is 0 Å². The van der Waals surface area contributed by atoms with Crippen molar-refractivity contribution in [1.29, 1.82) is 0 Å².